The van der Waals surface area contributed by atoms with Gasteiger partial charge in [-0.3, -0.25) is 14.6 Å². The number of sulfonamides is 1. The van der Waals surface area contributed by atoms with Crippen molar-refractivity contribution in [1.82, 2.24) is 24.5 Å². The number of halogens is 2. The minimum atomic E-state index is -4.39. The Hall–Kier alpha value is -4.91. The molecule has 6 aliphatic rings. The molecule has 2 aromatic heterocycles. The standard InChI is InChI=1S/C57H69Cl2N7O8S/c1-57(2)32-47(39-7-9-41(58)10-8-39)48-35-65-21-20-64(34-44(65)37-71-24-4-26-72-53(48)33-57)43-13-15-46(50(30-43)66-19-3-25-73-56-51(66)29-40-17-18-60-54(40)61-56)55(67)62-75(68,69)45-14-16-52(49(59)31-45)74-36-38-5-11-42(12-6-38)63-22-27-70-28-23-63/h7-10,13-18,29-31,38,42,44,53H,3-6,11-12,19-28,32-37H2,1-2H3,(H,60,61)(H,62,67)/t38?,42?,44-,53+/m0/s1. The number of fused-ring (bicyclic) bond motifs is 4. The number of hydrogen-bond acceptors (Lipinski definition) is 13. The van der Waals surface area contributed by atoms with Gasteiger partial charge in [0, 0.05) is 87.4 Å². The predicted molar refractivity (Wildman–Crippen MR) is 294 cm³/mol. The van der Waals surface area contributed by atoms with Crippen LogP contribution in [-0.2, 0) is 24.2 Å². The maximum absolute atomic E-state index is 14.7. The molecule has 75 heavy (non-hydrogen) atoms. The lowest BCUT2D eigenvalue weighted by atomic mass is 9.71. The van der Waals surface area contributed by atoms with E-state index in [1.54, 1.807) is 12.1 Å². The van der Waals surface area contributed by atoms with E-state index in [4.69, 9.17) is 51.9 Å². The summed E-state index contributed by atoms with van der Waals surface area (Å²) in [5, 5.41) is 1.75. The fraction of sp³-hybridized carbons (Fsp3) is 0.509. The van der Waals surface area contributed by atoms with Gasteiger partial charge in [0.1, 0.15) is 17.1 Å². The van der Waals surface area contributed by atoms with Gasteiger partial charge in [0.15, 0.2) is 0 Å². The normalized spacial score (nSPS) is 24.3. The Morgan fingerprint density at radius 2 is 1.67 bits per heavy atom. The molecule has 4 fully saturated rings. The highest BCUT2D eigenvalue weighted by molar-refractivity contribution is 7.90. The summed E-state index contributed by atoms with van der Waals surface area (Å²) in [6.07, 6.45) is 9.46. The highest BCUT2D eigenvalue weighted by Crippen LogP contribution is 2.46. The molecule has 3 saturated heterocycles. The zero-order valence-electron chi connectivity index (χ0n) is 43.0. The van der Waals surface area contributed by atoms with Crippen molar-refractivity contribution in [2.45, 2.75) is 88.3 Å². The number of anilines is 3. The number of nitrogens with one attached hydrogen (secondary N) is 2. The van der Waals surface area contributed by atoms with E-state index in [2.05, 4.69) is 50.4 Å². The average molecular weight is 1080 g/mol. The molecule has 18 heteroatoms. The molecule has 1 saturated carbocycles. The van der Waals surface area contributed by atoms with Crippen LogP contribution in [0.1, 0.15) is 81.1 Å². The third-order valence-electron chi connectivity index (χ3n) is 16.1. The van der Waals surface area contributed by atoms with Gasteiger partial charge in [-0.15, -0.1) is 0 Å². The fourth-order valence-electron chi connectivity index (χ4n) is 12.1. The van der Waals surface area contributed by atoms with Crippen molar-refractivity contribution < 1.29 is 36.9 Å². The molecule has 4 aliphatic heterocycles. The SMILES string of the molecule is CC1(C)CC(c2ccc(Cl)cc2)=C2CN3CCN(c4ccc(C(=O)NS(=O)(=O)c5ccc(OCC6CCC(N7CCOCC7)CC6)c(Cl)c5)c(N5CCCOc6nc7[nH]ccc7cc65)c4)C[C@H]3COCCCO[C@@H]2C1. The molecule has 6 heterocycles. The number of aromatic amines is 1. The molecule has 2 N–H and O–H groups in total. The zero-order chi connectivity index (χ0) is 51.7. The van der Waals surface area contributed by atoms with Crippen molar-refractivity contribution in [2.24, 2.45) is 11.3 Å². The van der Waals surface area contributed by atoms with Crippen LogP contribution in [0.25, 0.3) is 16.6 Å². The molecule has 1 amide bonds. The lowest BCUT2D eigenvalue weighted by molar-refractivity contribution is 0.00304. The summed E-state index contributed by atoms with van der Waals surface area (Å²) in [4.78, 5) is 32.0. The van der Waals surface area contributed by atoms with E-state index in [1.807, 2.05) is 47.5 Å². The summed E-state index contributed by atoms with van der Waals surface area (Å²) >= 11 is 13.1. The molecular weight excluding hydrogens is 1010 g/mol. The Morgan fingerprint density at radius 3 is 2.48 bits per heavy atom. The van der Waals surface area contributed by atoms with Crippen molar-refractivity contribution in [3.63, 3.8) is 0 Å². The summed E-state index contributed by atoms with van der Waals surface area (Å²) in [5.74, 6) is 0.440. The first-order valence-electron chi connectivity index (χ1n) is 26.8. The van der Waals surface area contributed by atoms with Crippen molar-refractivity contribution in [1.29, 1.82) is 0 Å². The minimum Gasteiger partial charge on any atom is -0.492 e. The number of H-pyrrole nitrogens is 1. The van der Waals surface area contributed by atoms with Crippen LogP contribution in [0, 0.1) is 11.3 Å². The van der Waals surface area contributed by atoms with Crippen LogP contribution < -0.4 is 24.0 Å². The van der Waals surface area contributed by atoms with Crippen LogP contribution in [0.5, 0.6) is 11.6 Å². The van der Waals surface area contributed by atoms with E-state index >= 15 is 0 Å². The number of aromatic nitrogens is 2. The van der Waals surface area contributed by atoms with Crippen molar-refractivity contribution in [2.75, 3.05) is 102 Å². The summed E-state index contributed by atoms with van der Waals surface area (Å²) in [7, 11) is -4.39. The number of allylic oxidation sites excluding steroid dienone is 1. The Bertz CT molecular complexity index is 2990. The van der Waals surface area contributed by atoms with Gasteiger partial charge in [0.25, 0.3) is 15.9 Å². The van der Waals surface area contributed by atoms with Gasteiger partial charge in [-0.05, 0) is 140 Å². The number of pyridine rings is 1. The molecule has 400 valence electrons. The van der Waals surface area contributed by atoms with Crippen molar-refractivity contribution in [3.05, 3.63) is 106 Å². The Labute approximate surface area is 450 Å². The zero-order valence-corrected chi connectivity index (χ0v) is 45.4. The third-order valence-corrected chi connectivity index (χ3v) is 18.0. The monoisotopic (exact) mass is 1080 g/mol. The molecule has 0 bridgehead atoms. The number of nitrogens with zero attached hydrogens (tertiary/aromatic N) is 5. The molecule has 0 radical (unpaired) electrons. The van der Waals surface area contributed by atoms with Crippen LogP contribution in [0.15, 0.2) is 89.5 Å². The number of ether oxygens (including phenoxy) is 5. The Balaban J connectivity index is 0.852. The topological polar surface area (TPSA) is 151 Å². The van der Waals surface area contributed by atoms with Gasteiger partial charge in [0.05, 0.1) is 66.3 Å². The minimum absolute atomic E-state index is 0.0137. The third kappa shape index (κ3) is 11.8. The first kappa shape index (κ1) is 52.2. The second-order valence-electron chi connectivity index (χ2n) is 21.9. The molecule has 0 unspecified atom stereocenters. The lowest BCUT2D eigenvalue weighted by Gasteiger charge is -2.45. The van der Waals surface area contributed by atoms with Crippen LogP contribution >= 0.6 is 23.2 Å². The molecule has 2 atom stereocenters. The van der Waals surface area contributed by atoms with Gasteiger partial charge in [0.2, 0.25) is 5.88 Å². The van der Waals surface area contributed by atoms with Gasteiger partial charge >= 0.3 is 0 Å². The van der Waals surface area contributed by atoms with Crippen LogP contribution in [0.4, 0.5) is 17.1 Å². The quantitative estimate of drug-likeness (QED) is 0.137. The number of rotatable bonds is 10. The van der Waals surface area contributed by atoms with E-state index in [9.17, 15) is 13.2 Å². The smallest absolute Gasteiger partial charge is 0.267 e. The fourth-order valence-corrected chi connectivity index (χ4v) is 13.5. The Kier molecular flexibility index (Phi) is 15.7. The second-order valence-corrected chi connectivity index (χ2v) is 24.4. The van der Waals surface area contributed by atoms with E-state index in [-0.39, 0.29) is 33.0 Å². The van der Waals surface area contributed by atoms with Crippen molar-refractivity contribution >= 4 is 72.8 Å². The number of morpholine rings is 1. The van der Waals surface area contributed by atoms with Gasteiger partial charge in [-0.25, -0.2) is 13.1 Å². The second kappa shape index (κ2) is 22.6. The highest BCUT2D eigenvalue weighted by atomic mass is 35.5. The number of carbonyl (C=O) groups excluding carboxylic acids is 1. The van der Waals surface area contributed by atoms with E-state index in [1.165, 1.54) is 28.8 Å². The summed E-state index contributed by atoms with van der Waals surface area (Å²) in [6.45, 7) is 14.3. The largest absolute Gasteiger partial charge is 0.492 e. The molecule has 3 aromatic carbocycles. The molecule has 5 aromatic rings. The summed E-state index contributed by atoms with van der Waals surface area (Å²) in [5.41, 5.74) is 6.89. The number of hydrogen-bond donors (Lipinski definition) is 2. The molecule has 2 aliphatic carbocycles. The maximum atomic E-state index is 14.7. The van der Waals surface area contributed by atoms with Gasteiger partial charge in [-0.1, -0.05) is 49.2 Å². The maximum Gasteiger partial charge on any atom is 0.267 e. The lowest BCUT2D eigenvalue weighted by Crippen LogP contribution is -2.56. The summed E-state index contributed by atoms with van der Waals surface area (Å²) < 4.78 is 61.8. The van der Waals surface area contributed by atoms with Crippen LogP contribution in [0.2, 0.25) is 10.0 Å². The number of piperazine rings is 1. The number of carbonyl (C=O) groups is 1. The highest BCUT2D eigenvalue weighted by Gasteiger charge is 2.39. The first-order valence-corrected chi connectivity index (χ1v) is 29.1. The average Bonchev–Trinajstić information content (AvgIpc) is 3.76. The first-order chi connectivity index (χ1) is 36.3. The van der Waals surface area contributed by atoms with E-state index < -0.39 is 15.9 Å². The van der Waals surface area contributed by atoms with Gasteiger partial charge < -0.3 is 38.5 Å². The molecular formula is C57H69Cl2N7O8S. The molecule has 11 rings (SSSR count). The van der Waals surface area contributed by atoms with E-state index in [0.29, 0.717) is 105 Å². The number of amides is 1. The molecule has 15 nitrogen and oxygen atoms in total. The molecule has 0 spiro atoms. The van der Waals surface area contributed by atoms with Crippen molar-refractivity contribution in [3.8, 4) is 11.6 Å². The van der Waals surface area contributed by atoms with E-state index in [0.717, 1.165) is 95.4 Å². The predicted octanol–water partition coefficient (Wildman–Crippen LogP) is 9.75. The summed E-state index contributed by atoms with van der Waals surface area (Å²) in [6, 6.07) is 22.8. The van der Waals surface area contributed by atoms with Crippen LogP contribution in [0.3, 0.4) is 0 Å². The van der Waals surface area contributed by atoms with Gasteiger partial charge in [-0.2, -0.15) is 4.98 Å². The van der Waals surface area contributed by atoms with Crippen LogP contribution in [-0.4, -0.2) is 144 Å². The number of benzene rings is 3. The Morgan fingerprint density at radius 1 is 0.840 bits per heavy atom.